The number of carbonyl (C=O) groups excluding carboxylic acids is 1. The van der Waals surface area contributed by atoms with Crippen LogP contribution in [0.1, 0.15) is 33.8 Å². The first-order valence-electron chi connectivity index (χ1n) is 8.66. The van der Waals surface area contributed by atoms with E-state index in [4.69, 9.17) is 0 Å². The molecule has 3 nitrogen and oxygen atoms in total. The summed E-state index contributed by atoms with van der Waals surface area (Å²) in [6.07, 6.45) is -2.45. The van der Waals surface area contributed by atoms with Gasteiger partial charge >= 0.3 is 6.18 Å². The Morgan fingerprint density at radius 1 is 1.15 bits per heavy atom. The molecule has 6 heteroatoms. The lowest BCUT2D eigenvalue weighted by Gasteiger charge is -2.11. The zero-order chi connectivity index (χ0) is 19.2. The van der Waals surface area contributed by atoms with Gasteiger partial charge in [-0.3, -0.25) is 9.78 Å². The molecular weight excluding hydrogens is 353 g/mol. The number of nitrogens with one attached hydrogen (secondary N) is 1. The molecule has 0 radical (unpaired) electrons. The quantitative estimate of drug-likeness (QED) is 0.665. The van der Waals surface area contributed by atoms with Gasteiger partial charge in [0.2, 0.25) is 0 Å². The van der Waals surface area contributed by atoms with Gasteiger partial charge in [-0.1, -0.05) is 30.3 Å². The number of aromatic nitrogens is 1. The minimum absolute atomic E-state index is 0.122. The number of amides is 1. The molecule has 1 aliphatic rings. The Bertz CT molecular complexity index is 1030. The topological polar surface area (TPSA) is 42.0 Å². The molecule has 1 N–H and O–H groups in total. The third kappa shape index (κ3) is 3.52. The van der Waals surface area contributed by atoms with E-state index in [2.05, 4.69) is 10.3 Å². The van der Waals surface area contributed by atoms with Gasteiger partial charge in [-0.25, -0.2) is 0 Å². The first-order valence-corrected chi connectivity index (χ1v) is 8.66. The van der Waals surface area contributed by atoms with Crippen LogP contribution >= 0.6 is 0 Å². The van der Waals surface area contributed by atoms with E-state index in [1.165, 1.54) is 0 Å². The summed E-state index contributed by atoms with van der Waals surface area (Å²) in [5, 5.41) is 3.72. The van der Waals surface area contributed by atoms with Gasteiger partial charge in [0.15, 0.2) is 0 Å². The minimum Gasteiger partial charge on any atom is -0.321 e. The molecule has 0 spiro atoms. The number of para-hydroxylation sites is 1. The van der Waals surface area contributed by atoms with Crippen molar-refractivity contribution in [3.63, 3.8) is 0 Å². The van der Waals surface area contributed by atoms with Gasteiger partial charge in [0, 0.05) is 10.9 Å². The van der Waals surface area contributed by atoms with Gasteiger partial charge in [0.1, 0.15) is 0 Å². The largest absolute Gasteiger partial charge is 0.392 e. The molecule has 0 bridgehead atoms. The van der Waals surface area contributed by atoms with Crippen LogP contribution in [-0.4, -0.2) is 17.1 Å². The number of rotatable bonds is 3. The van der Waals surface area contributed by atoms with E-state index >= 15 is 0 Å². The van der Waals surface area contributed by atoms with E-state index < -0.39 is 18.0 Å². The normalized spacial score (nSPS) is 19.1. The van der Waals surface area contributed by atoms with Crippen molar-refractivity contribution in [3.8, 4) is 0 Å². The van der Waals surface area contributed by atoms with Crippen molar-refractivity contribution in [2.24, 2.45) is 5.92 Å². The highest BCUT2D eigenvalue weighted by molar-refractivity contribution is 6.05. The van der Waals surface area contributed by atoms with Crippen molar-refractivity contribution in [1.82, 2.24) is 4.98 Å². The van der Waals surface area contributed by atoms with Crippen LogP contribution in [0.5, 0.6) is 0 Å². The fourth-order valence-corrected chi connectivity index (χ4v) is 3.44. The molecular formula is C21H17F3N2O. The number of halogens is 3. The van der Waals surface area contributed by atoms with Crippen molar-refractivity contribution in [2.45, 2.75) is 25.4 Å². The fraction of sp³-hybridized carbons (Fsp3) is 0.238. The number of hydrogen-bond acceptors (Lipinski definition) is 2. The predicted octanol–water partition coefficient (Wildman–Crippen LogP) is 5.46. The number of fused-ring (bicyclic) bond motifs is 1. The number of benzene rings is 2. The lowest BCUT2D eigenvalue weighted by atomic mass is 10.0. The Morgan fingerprint density at radius 3 is 2.63 bits per heavy atom. The molecule has 1 aromatic heterocycles. The molecule has 0 unspecified atom stereocenters. The van der Waals surface area contributed by atoms with Gasteiger partial charge in [-0.2, -0.15) is 13.2 Å². The number of alkyl halides is 3. The Kier molecular flexibility index (Phi) is 4.13. The zero-order valence-corrected chi connectivity index (χ0v) is 14.5. The smallest absolute Gasteiger partial charge is 0.321 e. The second-order valence-corrected chi connectivity index (χ2v) is 6.94. The summed E-state index contributed by atoms with van der Waals surface area (Å²) in [4.78, 5) is 16.9. The molecule has 1 amide bonds. The summed E-state index contributed by atoms with van der Waals surface area (Å²) < 4.78 is 38.3. The molecule has 2 aromatic carbocycles. The Balaban J connectivity index is 1.52. The Labute approximate surface area is 154 Å². The van der Waals surface area contributed by atoms with Crippen LogP contribution in [0.15, 0.2) is 54.7 Å². The lowest BCUT2D eigenvalue weighted by Crippen LogP contribution is -2.14. The van der Waals surface area contributed by atoms with Crippen molar-refractivity contribution in [1.29, 1.82) is 0 Å². The maximum Gasteiger partial charge on any atom is 0.392 e. The number of aryl methyl sites for hydroxylation is 1. The number of nitrogens with zero attached hydrogens (tertiary/aromatic N) is 1. The highest BCUT2D eigenvalue weighted by Crippen LogP contribution is 2.56. The Morgan fingerprint density at radius 2 is 1.93 bits per heavy atom. The molecule has 27 heavy (non-hydrogen) atoms. The van der Waals surface area contributed by atoms with E-state index in [9.17, 15) is 18.0 Å². The average Bonchev–Trinajstić information content (AvgIpc) is 3.42. The standard InChI is InChI=1S/C21H17F3N2O/c1-12-8-13(17-10-18(17)21(22,23)24)6-7-16(12)20(27)26-15-9-14-4-2-3-5-19(14)25-11-15/h2-9,11,17-18H,10H2,1H3,(H,26,27)/t17-,18+/m0/s1. The van der Waals surface area contributed by atoms with E-state index in [1.54, 1.807) is 31.3 Å². The highest BCUT2D eigenvalue weighted by Gasteiger charge is 2.56. The molecule has 138 valence electrons. The van der Waals surface area contributed by atoms with Crippen LogP contribution in [0.4, 0.5) is 18.9 Å². The molecule has 0 saturated heterocycles. The highest BCUT2D eigenvalue weighted by atomic mass is 19.4. The van der Waals surface area contributed by atoms with Crippen LogP contribution in [0, 0.1) is 12.8 Å². The summed E-state index contributed by atoms with van der Waals surface area (Å²) >= 11 is 0. The first-order chi connectivity index (χ1) is 12.8. The van der Waals surface area contributed by atoms with Gasteiger partial charge < -0.3 is 5.32 Å². The lowest BCUT2D eigenvalue weighted by molar-refractivity contribution is -0.148. The molecule has 1 saturated carbocycles. The van der Waals surface area contributed by atoms with Crippen molar-refractivity contribution < 1.29 is 18.0 Å². The number of hydrogen-bond donors (Lipinski definition) is 1. The average molecular weight is 370 g/mol. The summed E-state index contributed by atoms with van der Waals surface area (Å²) in [5.74, 6) is -2.06. The molecule has 1 heterocycles. The van der Waals surface area contributed by atoms with Gasteiger partial charge in [-0.15, -0.1) is 0 Å². The van der Waals surface area contributed by atoms with E-state index in [0.717, 1.165) is 10.9 Å². The molecule has 2 atom stereocenters. The number of anilines is 1. The second kappa shape index (κ2) is 6.37. The summed E-state index contributed by atoms with van der Waals surface area (Å²) in [6, 6.07) is 14.3. The first kappa shape index (κ1) is 17.5. The number of carbonyl (C=O) groups is 1. The SMILES string of the molecule is Cc1cc([C@@H]2C[C@H]2C(F)(F)F)ccc1C(=O)Nc1cnc2ccccc2c1. The monoisotopic (exact) mass is 370 g/mol. The van der Waals surface area contributed by atoms with Crippen molar-refractivity contribution in [2.75, 3.05) is 5.32 Å². The van der Waals surface area contributed by atoms with Gasteiger partial charge in [0.05, 0.1) is 23.3 Å². The van der Waals surface area contributed by atoms with Crippen LogP contribution < -0.4 is 5.32 Å². The third-order valence-electron chi connectivity index (χ3n) is 4.98. The molecule has 0 aliphatic heterocycles. The molecule has 3 aromatic rings. The molecule has 1 fully saturated rings. The summed E-state index contributed by atoms with van der Waals surface area (Å²) in [6.45, 7) is 1.74. The maximum absolute atomic E-state index is 12.8. The van der Waals surface area contributed by atoms with Crippen LogP contribution in [0.3, 0.4) is 0 Å². The minimum atomic E-state index is -4.16. The van der Waals surface area contributed by atoms with Crippen LogP contribution in [0.2, 0.25) is 0 Å². The zero-order valence-electron chi connectivity index (χ0n) is 14.5. The van der Waals surface area contributed by atoms with Crippen LogP contribution in [0.25, 0.3) is 10.9 Å². The second-order valence-electron chi connectivity index (χ2n) is 6.94. The fourth-order valence-electron chi connectivity index (χ4n) is 3.44. The number of pyridine rings is 1. The predicted molar refractivity (Wildman–Crippen MR) is 97.8 cm³/mol. The van der Waals surface area contributed by atoms with E-state index in [-0.39, 0.29) is 12.3 Å². The van der Waals surface area contributed by atoms with Crippen molar-refractivity contribution >= 4 is 22.5 Å². The van der Waals surface area contributed by atoms with E-state index in [1.807, 2.05) is 30.3 Å². The maximum atomic E-state index is 12.8. The van der Waals surface area contributed by atoms with Crippen LogP contribution in [-0.2, 0) is 0 Å². The van der Waals surface area contributed by atoms with E-state index in [0.29, 0.717) is 22.4 Å². The van der Waals surface area contributed by atoms with Gasteiger partial charge in [0.25, 0.3) is 5.91 Å². The third-order valence-corrected chi connectivity index (χ3v) is 4.98. The van der Waals surface area contributed by atoms with Gasteiger partial charge in [-0.05, 0) is 48.6 Å². The molecule has 1 aliphatic carbocycles. The van der Waals surface area contributed by atoms with Crippen molar-refractivity contribution in [3.05, 3.63) is 71.4 Å². The summed E-state index contributed by atoms with van der Waals surface area (Å²) in [5.41, 5.74) is 3.14. The summed E-state index contributed by atoms with van der Waals surface area (Å²) in [7, 11) is 0. The molecule has 4 rings (SSSR count). The Hall–Kier alpha value is -2.89.